The number of benzene rings is 1. The Morgan fingerprint density at radius 3 is 2.76 bits per heavy atom. The molecule has 17 heavy (non-hydrogen) atoms. The Morgan fingerprint density at radius 2 is 2.24 bits per heavy atom. The van der Waals surface area contributed by atoms with Crippen LogP contribution in [0.25, 0.3) is 0 Å². The summed E-state index contributed by atoms with van der Waals surface area (Å²) in [6, 6.07) is 7.03. The first-order chi connectivity index (χ1) is 8.00. The van der Waals surface area contributed by atoms with E-state index in [2.05, 4.69) is 21.2 Å². The number of sulfone groups is 1. The van der Waals surface area contributed by atoms with Crippen LogP contribution in [0.4, 0.5) is 5.69 Å². The molecule has 4 nitrogen and oxygen atoms in total. The van der Waals surface area contributed by atoms with Crippen LogP contribution in [-0.4, -0.2) is 20.2 Å². The number of halogens is 1. The van der Waals surface area contributed by atoms with Gasteiger partial charge in [0.15, 0.2) is 9.84 Å². The van der Waals surface area contributed by atoms with E-state index in [1.165, 1.54) is 5.41 Å². The van der Waals surface area contributed by atoms with Crippen molar-refractivity contribution in [3.63, 3.8) is 0 Å². The number of anilines is 1. The van der Waals surface area contributed by atoms with Gasteiger partial charge >= 0.3 is 0 Å². The fourth-order valence-corrected chi connectivity index (χ4v) is 3.28. The summed E-state index contributed by atoms with van der Waals surface area (Å²) >= 11 is 3.28. The molecule has 0 spiro atoms. The van der Waals surface area contributed by atoms with E-state index in [4.69, 9.17) is 5.26 Å². The molecule has 1 N–H and O–H groups in total. The standard InChI is InChI=1S/C11H9BrN2O2S/c12-11-5-9(2-1-8(11)6-13)14-10-3-4-17(15,16)7-10/h1-5,10,14H,7H2. The lowest BCUT2D eigenvalue weighted by atomic mass is 10.2. The van der Waals surface area contributed by atoms with E-state index in [-0.39, 0.29) is 11.8 Å². The molecule has 1 heterocycles. The number of nitriles is 1. The van der Waals surface area contributed by atoms with Crippen LogP contribution in [-0.2, 0) is 9.84 Å². The smallest absolute Gasteiger partial charge is 0.173 e. The van der Waals surface area contributed by atoms with E-state index in [0.717, 1.165) is 5.69 Å². The molecular formula is C11H9BrN2O2S. The second-order valence-electron chi connectivity index (χ2n) is 3.72. The van der Waals surface area contributed by atoms with E-state index in [9.17, 15) is 8.42 Å². The van der Waals surface area contributed by atoms with E-state index >= 15 is 0 Å². The molecular weight excluding hydrogens is 304 g/mol. The van der Waals surface area contributed by atoms with Gasteiger partial charge in [-0.05, 0) is 34.1 Å². The Morgan fingerprint density at radius 1 is 1.47 bits per heavy atom. The highest BCUT2D eigenvalue weighted by Gasteiger charge is 2.21. The molecule has 0 saturated carbocycles. The van der Waals surface area contributed by atoms with Gasteiger partial charge in [-0.1, -0.05) is 6.08 Å². The highest BCUT2D eigenvalue weighted by molar-refractivity contribution is 9.10. The topological polar surface area (TPSA) is 70.0 Å². The molecule has 0 aliphatic carbocycles. The maximum Gasteiger partial charge on any atom is 0.173 e. The lowest BCUT2D eigenvalue weighted by Crippen LogP contribution is -2.20. The van der Waals surface area contributed by atoms with Crippen molar-refractivity contribution in [2.24, 2.45) is 0 Å². The normalized spacial score (nSPS) is 21.1. The Balaban J connectivity index is 2.14. The van der Waals surface area contributed by atoms with Crippen molar-refractivity contribution in [3.05, 3.63) is 39.7 Å². The third-order valence-electron chi connectivity index (χ3n) is 2.37. The van der Waals surface area contributed by atoms with Crippen molar-refractivity contribution in [2.45, 2.75) is 6.04 Å². The molecule has 2 rings (SSSR count). The van der Waals surface area contributed by atoms with Gasteiger partial charge in [-0.2, -0.15) is 5.26 Å². The third-order valence-corrected chi connectivity index (χ3v) is 4.42. The fourth-order valence-electron chi connectivity index (χ4n) is 1.58. The molecule has 1 aromatic carbocycles. The minimum absolute atomic E-state index is 0.0740. The maximum absolute atomic E-state index is 11.2. The highest BCUT2D eigenvalue weighted by atomic mass is 79.9. The lowest BCUT2D eigenvalue weighted by molar-refractivity contribution is 0.605. The predicted octanol–water partition coefficient (Wildman–Crippen LogP) is 2.04. The first-order valence-electron chi connectivity index (χ1n) is 4.87. The van der Waals surface area contributed by atoms with Crippen LogP contribution >= 0.6 is 15.9 Å². The minimum atomic E-state index is -3.05. The summed E-state index contributed by atoms with van der Waals surface area (Å²) in [5, 5.41) is 13.1. The van der Waals surface area contributed by atoms with Gasteiger partial charge in [0.05, 0.1) is 17.4 Å². The van der Waals surface area contributed by atoms with Gasteiger partial charge in [0, 0.05) is 15.6 Å². The molecule has 1 aliphatic heterocycles. The van der Waals surface area contributed by atoms with Crippen LogP contribution in [0.5, 0.6) is 0 Å². The summed E-state index contributed by atoms with van der Waals surface area (Å²) in [7, 11) is -3.05. The van der Waals surface area contributed by atoms with E-state index in [1.54, 1.807) is 24.3 Å². The molecule has 0 amide bonds. The van der Waals surface area contributed by atoms with Gasteiger partial charge in [-0.3, -0.25) is 0 Å². The molecule has 1 unspecified atom stereocenters. The molecule has 0 aromatic heterocycles. The number of hydrogen-bond acceptors (Lipinski definition) is 4. The average molecular weight is 313 g/mol. The molecule has 1 aromatic rings. The molecule has 88 valence electrons. The van der Waals surface area contributed by atoms with Crippen molar-refractivity contribution in [2.75, 3.05) is 11.1 Å². The zero-order valence-electron chi connectivity index (χ0n) is 8.72. The van der Waals surface area contributed by atoms with Gasteiger partial charge in [0.2, 0.25) is 0 Å². The Labute approximate surface area is 108 Å². The first-order valence-corrected chi connectivity index (χ1v) is 7.38. The molecule has 1 atom stereocenters. The fraction of sp³-hybridized carbons (Fsp3) is 0.182. The SMILES string of the molecule is N#Cc1ccc(NC2C=CS(=O)(=O)C2)cc1Br. The van der Waals surface area contributed by atoms with Crippen molar-refractivity contribution >= 4 is 31.5 Å². The Kier molecular flexibility index (Phi) is 3.22. The van der Waals surface area contributed by atoms with Crippen LogP contribution in [0.2, 0.25) is 0 Å². The largest absolute Gasteiger partial charge is 0.378 e. The summed E-state index contributed by atoms with van der Waals surface area (Å²) in [6.45, 7) is 0. The second kappa shape index (κ2) is 4.51. The molecule has 0 fully saturated rings. The van der Waals surface area contributed by atoms with Crippen molar-refractivity contribution < 1.29 is 8.42 Å². The molecule has 0 saturated heterocycles. The first kappa shape index (κ1) is 12.1. The molecule has 1 aliphatic rings. The lowest BCUT2D eigenvalue weighted by Gasteiger charge is -2.11. The highest BCUT2D eigenvalue weighted by Crippen LogP contribution is 2.22. The van der Waals surface area contributed by atoms with Crippen molar-refractivity contribution in [1.82, 2.24) is 0 Å². The predicted molar refractivity (Wildman–Crippen MR) is 69.2 cm³/mol. The van der Waals surface area contributed by atoms with Gasteiger partial charge < -0.3 is 5.32 Å². The van der Waals surface area contributed by atoms with Gasteiger partial charge in [-0.25, -0.2) is 8.42 Å². The quantitative estimate of drug-likeness (QED) is 0.907. The number of nitrogens with one attached hydrogen (secondary N) is 1. The van der Waals surface area contributed by atoms with Crippen LogP contribution in [0.15, 0.2) is 34.2 Å². The third kappa shape index (κ3) is 2.87. The second-order valence-corrected chi connectivity index (χ2v) is 6.50. The van der Waals surface area contributed by atoms with Crippen molar-refractivity contribution in [3.8, 4) is 6.07 Å². The van der Waals surface area contributed by atoms with Crippen LogP contribution in [0.3, 0.4) is 0 Å². The van der Waals surface area contributed by atoms with Gasteiger partial charge in [-0.15, -0.1) is 0 Å². The molecule has 6 heteroatoms. The van der Waals surface area contributed by atoms with E-state index < -0.39 is 9.84 Å². The molecule has 0 bridgehead atoms. The van der Waals surface area contributed by atoms with E-state index in [1.807, 2.05) is 6.07 Å². The number of rotatable bonds is 2. The maximum atomic E-state index is 11.2. The van der Waals surface area contributed by atoms with E-state index in [0.29, 0.717) is 10.0 Å². The summed E-state index contributed by atoms with van der Waals surface area (Å²) < 4.78 is 23.1. The van der Waals surface area contributed by atoms with Crippen LogP contribution in [0, 0.1) is 11.3 Å². The van der Waals surface area contributed by atoms with Gasteiger partial charge in [0.25, 0.3) is 0 Å². The van der Waals surface area contributed by atoms with Crippen molar-refractivity contribution in [1.29, 1.82) is 5.26 Å². The Hall–Kier alpha value is -1.32. The minimum Gasteiger partial charge on any atom is -0.378 e. The molecule has 0 radical (unpaired) electrons. The number of hydrogen-bond donors (Lipinski definition) is 1. The van der Waals surface area contributed by atoms with Gasteiger partial charge in [0.1, 0.15) is 6.07 Å². The summed E-state index contributed by atoms with van der Waals surface area (Å²) in [4.78, 5) is 0. The summed E-state index contributed by atoms with van der Waals surface area (Å²) in [6.07, 6.45) is 1.63. The zero-order chi connectivity index (χ0) is 12.5. The summed E-state index contributed by atoms with van der Waals surface area (Å²) in [5.41, 5.74) is 1.33. The Bertz CT molecular complexity index is 617. The van der Waals surface area contributed by atoms with Crippen LogP contribution in [0.1, 0.15) is 5.56 Å². The summed E-state index contributed by atoms with van der Waals surface area (Å²) in [5.74, 6) is 0.0740. The van der Waals surface area contributed by atoms with Crippen LogP contribution < -0.4 is 5.32 Å². The monoisotopic (exact) mass is 312 g/mol. The average Bonchev–Trinajstić information content (AvgIpc) is 2.58. The zero-order valence-corrected chi connectivity index (χ0v) is 11.1. The number of nitrogens with zero attached hydrogens (tertiary/aromatic N) is 1.